The van der Waals surface area contributed by atoms with Crippen LogP contribution in [0.1, 0.15) is 93.4 Å². The van der Waals surface area contributed by atoms with Crippen LogP contribution in [0.25, 0.3) is 0 Å². The highest BCUT2D eigenvalue weighted by atomic mass is 16.7. The molecule has 0 unspecified atom stereocenters. The molecule has 57 heavy (non-hydrogen) atoms. The number of nitrogens with zero attached hydrogens (tertiary/aromatic N) is 1. The highest BCUT2D eigenvalue weighted by molar-refractivity contribution is 5.72. The predicted octanol–water partition coefficient (Wildman–Crippen LogP) is 2.77. The molecule has 0 aromatic rings. The first-order chi connectivity index (χ1) is 26.9. The van der Waals surface area contributed by atoms with Gasteiger partial charge in [-0.15, -0.1) is 0 Å². The van der Waals surface area contributed by atoms with E-state index >= 15 is 0 Å². The van der Waals surface area contributed by atoms with Crippen LogP contribution in [0.15, 0.2) is 24.3 Å². The summed E-state index contributed by atoms with van der Waals surface area (Å²) in [6.07, 6.45) is -4.08. The largest absolute Gasteiger partial charge is 0.462 e. The monoisotopic (exact) mass is 813 g/mol. The normalized spacial score (nSPS) is 41.1. The maximum atomic E-state index is 13.3. The number of esters is 3. The number of aliphatic hydroxyl groups excluding tert-OH is 2. The zero-order valence-electron chi connectivity index (χ0n) is 35.2. The van der Waals surface area contributed by atoms with Crippen LogP contribution in [0.4, 0.5) is 0 Å². The number of ether oxygens (including phenoxy) is 8. The summed E-state index contributed by atoms with van der Waals surface area (Å²) >= 11 is 0. The van der Waals surface area contributed by atoms with Gasteiger partial charge in [-0.2, -0.15) is 0 Å². The summed E-state index contributed by atoms with van der Waals surface area (Å²) in [5.41, 5.74) is -1.49. The topological polar surface area (TPSA) is 206 Å². The van der Waals surface area contributed by atoms with Gasteiger partial charge in [0.15, 0.2) is 18.7 Å². The Labute approximate surface area is 337 Å². The Balaban J connectivity index is 2.01. The number of aldehydes is 1. The summed E-state index contributed by atoms with van der Waals surface area (Å²) in [5.74, 6) is -2.82. The highest BCUT2D eigenvalue weighted by Gasteiger charge is 2.53. The molecule has 0 saturated carbocycles. The number of carbonyl (C=O) groups is 4. The van der Waals surface area contributed by atoms with Gasteiger partial charge in [-0.05, 0) is 60.0 Å². The van der Waals surface area contributed by atoms with Crippen molar-refractivity contribution >= 4 is 24.2 Å². The van der Waals surface area contributed by atoms with E-state index in [1.807, 2.05) is 13.0 Å². The Morgan fingerprint density at radius 3 is 2.23 bits per heavy atom. The number of methoxy groups -OCH3 is 1. The van der Waals surface area contributed by atoms with Crippen molar-refractivity contribution in [2.45, 2.75) is 179 Å². The van der Waals surface area contributed by atoms with Crippen molar-refractivity contribution in [1.82, 2.24) is 4.90 Å². The standard InChI is InChI=1S/C41H67NO15/c1-11-30(45)54-29-21-32(47)51-24(4)16-14-13-15-17-28(44)23(3)20-27(18-19-43)37(38(29)50-10)57-40-35(48)34(42(8)9)36(25(5)53-40)56-33-22-41(7,49)39(26(6)52-33)55-31(46)12-2/h13-15,17,19,23-29,33-40,44,48-49H,11-12,16,18,20-22H2,1-10H3/b14-13+,17-15+/t23-,24-,25-,26-,27+,28+,29+,33+,34-,35-,36-,37-,38-,39-,40-,41+/m1/s1. The van der Waals surface area contributed by atoms with Gasteiger partial charge in [0.05, 0.1) is 36.9 Å². The SMILES string of the molecule is CCC(=O)O[C@H]1CC(=O)O[C@H](C)C/C=C/C=C/[C@H](O)[C@H](C)C[C@H](CC=O)[C@@H](O[C@H]2O[C@H](C)[C@@H](O[C@H]3C[C@](C)(O)[C@H](OC(=O)CC)[C@@H](C)O3)[C@H](N(C)C)[C@H]2O)[C@@H]1OC. The van der Waals surface area contributed by atoms with E-state index in [-0.39, 0.29) is 32.1 Å². The van der Waals surface area contributed by atoms with E-state index in [0.29, 0.717) is 12.7 Å². The average Bonchev–Trinajstić information content (AvgIpc) is 3.13. The molecule has 3 N–H and O–H groups in total. The van der Waals surface area contributed by atoms with Crippen LogP contribution in [0.2, 0.25) is 0 Å². The number of likely N-dealkylation sites (N-methyl/N-ethyl adjacent to an activating group) is 1. The molecule has 16 heteroatoms. The lowest BCUT2D eigenvalue weighted by Crippen LogP contribution is -2.66. The number of rotatable bonds is 12. The fourth-order valence-corrected chi connectivity index (χ4v) is 7.82. The molecule has 0 spiro atoms. The Morgan fingerprint density at radius 1 is 0.965 bits per heavy atom. The van der Waals surface area contributed by atoms with E-state index in [1.165, 1.54) is 7.11 Å². The lowest BCUT2D eigenvalue weighted by molar-refractivity contribution is -0.344. The van der Waals surface area contributed by atoms with Gasteiger partial charge in [0.1, 0.15) is 42.4 Å². The van der Waals surface area contributed by atoms with Crippen molar-refractivity contribution in [1.29, 1.82) is 0 Å². The third-order valence-corrected chi connectivity index (χ3v) is 10.9. The minimum atomic E-state index is -1.49. The first-order valence-electron chi connectivity index (χ1n) is 20.1. The van der Waals surface area contributed by atoms with Gasteiger partial charge < -0.3 is 62.9 Å². The van der Waals surface area contributed by atoms with Gasteiger partial charge in [-0.3, -0.25) is 14.4 Å². The molecular formula is C41H67NO15. The highest BCUT2D eigenvalue weighted by Crippen LogP contribution is 2.37. The van der Waals surface area contributed by atoms with Crippen molar-refractivity contribution in [3.8, 4) is 0 Å². The van der Waals surface area contributed by atoms with E-state index in [9.17, 15) is 34.5 Å². The molecule has 3 heterocycles. The summed E-state index contributed by atoms with van der Waals surface area (Å²) in [4.78, 5) is 52.3. The van der Waals surface area contributed by atoms with Gasteiger partial charge in [-0.25, -0.2) is 0 Å². The molecular weight excluding hydrogens is 746 g/mol. The fraction of sp³-hybridized carbons (Fsp3) is 0.805. The molecule has 3 rings (SSSR count). The third kappa shape index (κ3) is 13.6. The third-order valence-electron chi connectivity index (χ3n) is 10.9. The van der Waals surface area contributed by atoms with E-state index < -0.39 is 121 Å². The molecule has 0 radical (unpaired) electrons. The second-order valence-electron chi connectivity index (χ2n) is 16.0. The molecule has 0 aliphatic carbocycles. The van der Waals surface area contributed by atoms with Gasteiger partial charge >= 0.3 is 17.9 Å². The van der Waals surface area contributed by atoms with E-state index in [4.69, 9.17) is 37.9 Å². The molecule has 326 valence electrons. The summed E-state index contributed by atoms with van der Waals surface area (Å²) in [5, 5.41) is 34.5. The number of allylic oxidation sites excluding steroid dienone is 2. The molecule has 0 aromatic carbocycles. The number of carbonyl (C=O) groups excluding carboxylic acids is 4. The first-order valence-corrected chi connectivity index (χ1v) is 20.1. The van der Waals surface area contributed by atoms with Crippen LogP contribution in [0, 0.1) is 11.8 Å². The van der Waals surface area contributed by atoms with Crippen molar-refractivity contribution in [2.24, 2.45) is 11.8 Å². The second-order valence-corrected chi connectivity index (χ2v) is 16.0. The Hall–Kier alpha value is -2.80. The van der Waals surface area contributed by atoms with Crippen molar-refractivity contribution in [3.63, 3.8) is 0 Å². The number of aliphatic hydroxyl groups is 3. The minimum absolute atomic E-state index is 0.000633. The quantitative estimate of drug-likeness (QED) is 0.147. The zero-order chi connectivity index (χ0) is 42.6. The second kappa shape index (κ2) is 22.5. The number of cyclic esters (lactones) is 1. The maximum Gasteiger partial charge on any atom is 0.309 e. The number of hydrogen-bond donors (Lipinski definition) is 3. The van der Waals surface area contributed by atoms with E-state index in [1.54, 1.807) is 78.8 Å². The fourth-order valence-electron chi connectivity index (χ4n) is 7.82. The van der Waals surface area contributed by atoms with Crippen molar-refractivity contribution in [2.75, 3.05) is 21.2 Å². The summed E-state index contributed by atoms with van der Waals surface area (Å²) in [6, 6.07) is -0.779. The smallest absolute Gasteiger partial charge is 0.309 e. The van der Waals surface area contributed by atoms with Gasteiger partial charge in [0, 0.05) is 39.2 Å². The first kappa shape index (κ1) is 48.6. The summed E-state index contributed by atoms with van der Waals surface area (Å²) in [7, 11) is 4.86. The summed E-state index contributed by atoms with van der Waals surface area (Å²) < 4.78 is 48.5. The van der Waals surface area contributed by atoms with Crippen LogP contribution in [0.3, 0.4) is 0 Å². The summed E-state index contributed by atoms with van der Waals surface area (Å²) in [6.45, 7) is 11.8. The molecule has 0 amide bonds. The molecule has 16 nitrogen and oxygen atoms in total. The van der Waals surface area contributed by atoms with Crippen LogP contribution < -0.4 is 0 Å². The molecule has 2 saturated heterocycles. The van der Waals surface area contributed by atoms with Gasteiger partial charge in [0.25, 0.3) is 0 Å². The van der Waals surface area contributed by atoms with Crippen LogP contribution in [-0.2, 0) is 57.1 Å². The molecule has 0 bridgehead atoms. The van der Waals surface area contributed by atoms with Gasteiger partial charge in [-0.1, -0.05) is 45.1 Å². The molecule has 3 aliphatic heterocycles. The predicted molar refractivity (Wildman–Crippen MR) is 205 cm³/mol. The Kier molecular flexibility index (Phi) is 19.2. The van der Waals surface area contributed by atoms with E-state index in [0.717, 1.165) is 0 Å². The Bertz CT molecular complexity index is 1350. The molecule has 3 aliphatic rings. The Morgan fingerprint density at radius 2 is 1.63 bits per heavy atom. The molecule has 0 aromatic heterocycles. The average molecular weight is 814 g/mol. The van der Waals surface area contributed by atoms with Crippen LogP contribution in [-0.4, -0.2) is 151 Å². The lowest BCUT2D eigenvalue weighted by atomic mass is 9.82. The minimum Gasteiger partial charge on any atom is -0.462 e. The van der Waals surface area contributed by atoms with Crippen LogP contribution in [0.5, 0.6) is 0 Å². The van der Waals surface area contributed by atoms with Crippen LogP contribution >= 0.6 is 0 Å². The molecule has 2 fully saturated rings. The zero-order valence-corrected chi connectivity index (χ0v) is 35.2. The molecule has 16 atom stereocenters. The van der Waals surface area contributed by atoms with Crippen molar-refractivity contribution < 1.29 is 72.4 Å². The van der Waals surface area contributed by atoms with E-state index in [2.05, 4.69) is 0 Å². The lowest BCUT2D eigenvalue weighted by Gasteiger charge is -2.50. The van der Waals surface area contributed by atoms with Gasteiger partial charge in [0.2, 0.25) is 0 Å². The number of hydrogen-bond acceptors (Lipinski definition) is 16. The maximum absolute atomic E-state index is 13.3. The van der Waals surface area contributed by atoms with Crippen molar-refractivity contribution in [3.05, 3.63) is 24.3 Å².